The number of amides is 2. The summed E-state index contributed by atoms with van der Waals surface area (Å²) in [5, 5.41) is 11.9. The largest absolute Gasteiger partial charge is 0.481 e. The highest BCUT2D eigenvalue weighted by molar-refractivity contribution is 5.80. The minimum Gasteiger partial charge on any atom is -0.481 e. The van der Waals surface area contributed by atoms with Crippen LogP contribution in [0, 0.1) is 11.7 Å². The third kappa shape index (κ3) is 6.02. The van der Waals surface area contributed by atoms with Crippen molar-refractivity contribution >= 4 is 17.8 Å². The summed E-state index contributed by atoms with van der Waals surface area (Å²) in [6.45, 7) is 1.42. The van der Waals surface area contributed by atoms with Gasteiger partial charge in [0.15, 0.2) is 0 Å². The van der Waals surface area contributed by atoms with E-state index in [0.717, 1.165) is 24.8 Å². The van der Waals surface area contributed by atoms with Crippen LogP contribution in [0.25, 0.3) is 0 Å². The van der Waals surface area contributed by atoms with Crippen molar-refractivity contribution in [1.82, 2.24) is 10.2 Å². The monoisotopic (exact) mass is 404 g/mol. The molecule has 0 radical (unpaired) electrons. The lowest BCUT2D eigenvalue weighted by atomic mass is 9.86. The van der Waals surface area contributed by atoms with Crippen LogP contribution in [0.3, 0.4) is 0 Å². The number of carbonyl (C=O) groups excluding carboxylic acids is 2. The summed E-state index contributed by atoms with van der Waals surface area (Å²) in [6, 6.07) is 6.60. The maximum absolute atomic E-state index is 13.0. The zero-order valence-corrected chi connectivity index (χ0v) is 16.7. The predicted molar refractivity (Wildman–Crippen MR) is 106 cm³/mol. The highest BCUT2D eigenvalue weighted by atomic mass is 19.1. The number of benzene rings is 1. The van der Waals surface area contributed by atoms with E-state index >= 15 is 0 Å². The van der Waals surface area contributed by atoms with Crippen molar-refractivity contribution in [2.75, 3.05) is 13.1 Å². The molecule has 1 aromatic carbocycles. The molecule has 7 heteroatoms. The van der Waals surface area contributed by atoms with E-state index in [-0.39, 0.29) is 24.1 Å². The van der Waals surface area contributed by atoms with Gasteiger partial charge in [0, 0.05) is 37.9 Å². The molecule has 0 aromatic heterocycles. The molecule has 1 aromatic rings. The average Bonchev–Trinajstić information content (AvgIpc) is 3.08. The van der Waals surface area contributed by atoms with Gasteiger partial charge in [-0.15, -0.1) is 0 Å². The maximum atomic E-state index is 13.0. The van der Waals surface area contributed by atoms with Crippen molar-refractivity contribution in [1.29, 1.82) is 0 Å². The Kier molecular flexibility index (Phi) is 6.87. The number of rotatable bonds is 8. The van der Waals surface area contributed by atoms with Gasteiger partial charge in [0.05, 0.1) is 0 Å². The van der Waals surface area contributed by atoms with E-state index in [1.165, 1.54) is 12.1 Å². The van der Waals surface area contributed by atoms with Gasteiger partial charge in [-0.1, -0.05) is 12.1 Å². The van der Waals surface area contributed by atoms with Crippen molar-refractivity contribution in [3.63, 3.8) is 0 Å². The van der Waals surface area contributed by atoms with Gasteiger partial charge in [-0.2, -0.15) is 0 Å². The van der Waals surface area contributed by atoms with Crippen LogP contribution >= 0.6 is 0 Å². The lowest BCUT2D eigenvalue weighted by molar-refractivity contribution is -0.137. The summed E-state index contributed by atoms with van der Waals surface area (Å²) in [7, 11) is 0. The lowest BCUT2D eigenvalue weighted by Gasteiger charge is -2.34. The van der Waals surface area contributed by atoms with Gasteiger partial charge in [0.1, 0.15) is 5.82 Å². The molecule has 2 saturated heterocycles. The zero-order valence-electron chi connectivity index (χ0n) is 16.7. The van der Waals surface area contributed by atoms with Crippen LogP contribution in [0.5, 0.6) is 0 Å². The molecule has 0 saturated carbocycles. The molecular weight excluding hydrogens is 375 g/mol. The quantitative estimate of drug-likeness (QED) is 0.698. The fraction of sp³-hybridized carbons (Fsp3) is 0.591. The Morgan fingerprint density at radius 3 is 2.38 bits per heavy atom. The van der Waals surface area contributed by atoms with Gasteiger partial charge in [-0.25, -0.2) is 4.39 Å². The molecule has 3 rings (SSSR count). The summed E-state index contributed by atoms with van der Waals surface area (Å²) >= 11 is 0. The molecule has 1 atom stereocenters. The highest BCUT2D eigenvalue weighted by Crippen LogP contribution is 2.31. The molecule has 0 unspecified atom stereocenters. The maximum Gasteiger partial charge on any atom is 0.303 e. The van der Waals surface area contributed by atoms with Crippen molar-refractivity contribution in [3.05, 3.63) is 35.6 Å². The summed E-state index contributed by atoms with van der Waals surface area (Å²) in [5.74, 6) is -0.625. The Morgan fingerprint density at radius 1 is 1.14 bits per heavy atom. The van der Waals surface area contributed by atoms with E-state index in [1.54, 1.807) is 0 Å². The lowest BCUT2D eigenvalue weighted by Crippen LogP contribution is -2.44. The second-order valence-electron chi connectivity index (χ2n) is 8.38. The second kappa shape index (κ2) is 9.37. The van der Waals surface area contributed by atoms with E-state index in [0.29, 0.717) is 51.1 Å². The summed E-state index contributed by atoms with van der Waals surface area (Å²) < 4.78 is 13.0. The molecule has 0 spiro atoms. The molecule has 0 bridgehead atoms. The fourth-order valence-corrected chi connectivity index (χ4v) is 4.46. The number of nitrogens with zero attached hydrogens (tertiary/aromatic N) is 1. The summed E-state index contributed by atoms with van der Waals surface area (Å²) in [4.78, 5) is 37.2. The van der Waals surface area contributed by atoms with E-state index in [2.05, 4.69) is 5.32 Å². The number of piperidine rings is 1. The van der Waals surface area contributed by atoms with Gasteiger partial charge < -0.3 is 15.3 Å². The molecule has 2 amide bonds. The molecule has 0 aliphatic carbocycles. The van der Waals surface area contributed by atoms with Crippen LogP contribution < -0.4 is 5.32 Å². The average molecular weight is 404 g/mol. The molecule has 2 aliphatic rings. The molecule has 2 fully saturated rings. The van der Waals surface area contributed by atoms with Crippen LogP contribution in [0.1, 0.15) is 56.9 Å². The van der Waals surface area contributed by atoms with Crippen LogP contribution in [-0.4, -0.2) is 46.4 Å². The number of aliphatic carboxylic acids is 1. The molecule has 6 nitrogen and oxygen atoms in total. The first-order valence-electron chi connectivity index (χ1n) is 10.4. The zero-order chi connectivity index (χ0) is 20.9. The molecular formula is C22H29FN2O4. The van der Waals surface area contributed by atoms with Crippen molar-refractivity contribution < 1.29 is 23.9 Å². The second-order valence-corrected chi connectivity index (χ2v) is 8.38. The number of carboxylic acid groups (broad SMARTS) is 1. The van der Waals surface area contributed by atoms with Crippen molar-refractivity contribution in [2.24, 2.45) is 5.92 Å². The topological polar surface area (TPSA) is 86.7 Å². The Labute approximate surface area is 170 Å². The van der Waals surface area contributed by atoms with Gasteiger partial charge >= 0.3 is 5.97 Å². The van der Waals surface area contributed by atoms with Gasteiger partial charge in [0.25, 0.3) is 0 Å². The SMILES string of the molecule is O=C(O)CC[C@]1(CCC(=O)N2CCC(Cc3ccc(F)cc3)CC2)CCC(=O)N1. The standard InChI is InChI=1S/C22H29FN2O4/c23-18-3-1-16(2-4-18)15-17-8-13-25(14-9-17)20(27)6-11-22(12-7-21(28)29)10-5-19(26)24-22/h1-4,17H,5-15H2,(H,24,26)(H,28,29)/t22-/m1/s1. The van der Waals surface area contributed by atoms with E-state index in [4.69, 9.17) is 5.11 Å². The van der Waals surface area contributed by atoms with Crippen molar-refractivity contribution in [3.8, 4) is 0 Å². The van der Waals surface area contributed by atoms with E-state index in [9.17, 15) is 18.8 Å². The third-order valence-corrected chi connectivity index (χ3v) is 6.27. The van der Waals surface area contributed by atoms with Gasteiger partial charge in [-0.05, 0) is 62.1 Å². The molecule has 2 heterocycles. The first-order valence-corrected chi connectivity index (χ1v) is 10.4. The third-order valence-electron chi connectivity index (χ3n) is 6.27. The molecule has 2 N–H and O–H groups in total. The van der Waals surface area contributed by atoms with Crippen LogP contribution in [0.4, 0.5) is 4.39 Å². The van der Waals surface area contributed by atoms with Gasteiger partial charge in [-0.3, -0.25) is 14.4 Å². The van der Waals surface area contributed by atoms with Gasteiger partial charge in [0.2, 0.25) is 11.8 Å². The smallest absolute Gasteiger partial charge is 0.303 e. The Bertz CT molecular complexity index is 744. The summed E-state index contributed by atoms with van der Waals surface area (Å²) in [5.41, 5.74) is 0.556. The molecule has 158 valence electrons. The van der Waals surface area contributed by atoms with Crippen molar-refractivity contribution in [2.45, 2.75) is 63.3 Å². The number of carbonyl (C=O) groups is 3. The predicted octanol–water partition coefficient (Wildman–Crippen LogP) is 2.90. The molecule has 29 heavy (non-hydrogen) atoms. The summed E-state index contributed by atoms with van der Waals surface area (Å²) in [6.07, 6.45) is 4.88. The van der Waals surface area contributed by atoms with Crippen LogP contribution in [0.2, 0.25) is 0 Å². The first kappa shape index (κ1) is 21.3. The number of hydrogen-bond donors (Lipinski definition) is 2. The Morgan fingerprint density at radius 2 is 1.79 bits per heavy atom. The minimum atomic E-state index is -0.889. The minimum absolute atomic E-state index is 0.0107. The fourth-order valence-electron chi connectivity index (χ4n) is 4.46. The normalized spacial score (nSPS) is 22.5. The highest BCUT2D eigenvalue weighted by Gasteiger charge is 2.38. The number of hydrogen-bond acceptors (Lipinski definition) is 3. The molecule has 2 aliphatic heterocycles. The van der Waals surface area contributed by atoms with Crippen LogP contribution in [-0.2, 0) is 20.8 Å². The Balaban J connectivity index is 1.45. The number of carboxylic acids is 1. The number of nitrogens with one attached hydrogen (secondary N) is 1. The number of halogens is 1. The number of likely N-dealkylation sites (tertiary alicyclic amines) is 1. The van der Waals surface area contributed by atoms with Crippen LogP contribution in [0.15, 0.2) is 24.3 Å². The first-order chi connectivity index (χ1) is 13.8. The van der Waals surface area contributed by atoms with E-state index in [1.807, 2.05) is 17.0 Å². The van der Waals surface area contributed by atoms with E-state index < -0.39 is 11.5 Å². The Hall–Kier alpha value is -2.44.